The van der Waals surface area contributed by atoms with Crippen molar-refractivity contribution >= 4 is 11.6 Å². The molecular formula is C12H8F2N2O2. The van der Waals surface area contributed by atoms with E-state index < -0.39 is 17.8 Å². The van der Waals surface area contributed by atoms with Crippen molar-refractivity contribution in [1.82, 2.24) is 4.98 Å². The second-order valence-corrected chi connectivity index (χ2v) is 3.44. The summed E-state index contributed by atoms with van der Waals surface area (Å²) in [6.45, 7) is 0. The van der Waals surface area contributed by atoms with Gasteiger partial charge in [-0.15, -0.1) is 0 Å². The van der Waals surface area contributed by atoms with Gasteiger partial charge in [-0.05, 0) is 24.3 Å². The Morgan fingerprint density at radius 2 is 1.89 bits per heavy atom. The molecule has 1 aromatic heterocycles. The number of anilines is 1. The Kier molecular flexibility index (Phi) is 3.18. The number of phenols is 1. The van der Waals surface area contributed by atoms with Gasteiger partial charge in [-0.3, -0.25) is 4.79 Å². The van der Waals surface area contributed by atoms with E-state index in [1.54, 1.807) is 12.1 Å². The third-order valence-electron chi connectivity index (χ3n) is 2.21. The van der Waals surface area contributed by atoms with Crippen LogP contribution in [0.3, 0.4) is 0 Å². The number of aromatic hydroxyl groups is 1. The van der Waals surface area contributed by atoms with Gasteiger partial charge in [0.1, 0.15) is 5.75 Å². The molecule has 0 fully saturated rings. The van der Waals surface area contributed by atoms with Crippen LogP contribution in [0.1, 0.15) is 10.4 Å². The van der Waals surface area contributed by atoms with Gasteiger partial charge in [-0.2, -0.15) is 13.8 Å². The molecule has 4 nitrogen and oxygen atoms in total. The van der Waals surface area contributed by atoms with Gasteiger partial charge in [0.25, 0.3) is 5.91 Å². The Morgan fingerprint density at radius 3 is 2.56 bits per heavy atom. The highest BCUT2D eigenvalue weighted by Crippen LogP contribution is 2.18. The first-order valence-electron chi connectivity index (χ1n) is 4.99. The van der Waals surface area contributed by atoms with Crippen LogP contribution >= 0.6 is 0 Å². The van der Waals surface area contributed by atoms with Crippen LogP contribution < -0.4 is 5.32 Å². The molecule has 0 unspecified atom stereocenters. The van der Waals surface area contributed by atoms with Crippen molar-refractivity contribution in [3.63, 3.8) is 0 Å². The summed E-state index contributed by atoms with van der Waals surface area (Å²) in [6, 6.07) is 7.77. The number of halogens is 2. The number of hydrogen-bond donors (Lipinski definition) is 2. The van der Waals surface area contributed by atoms with Crippen LogP contribution in [0.4, 0.5) is 14.5 Å². The summed E-state index contributed by atoms with van der Waals surface area (Å²) in [5.74, 6) is -3.04. The van der Waals surface area contributed by atoms with Crippen molar-refractivity contribution in [3.8, 4) is 5.75 Å². The lowest BCUT2D eigenvalue weighted by Crippen LogP contribution is -2.13. The van der Waals surface area contributed by atoms with Crippen LogP contribution in [0.25, 0.3) is 0 Å². The van der Waals surface area contributed by atoms with Gasteiger partial charge in [0.2, 0.25) is 11.9 Å². The number of hydrogen-bond acceptors (Lipinski definition) is 3. The van der Waals surface area contributed by atoms with Crippen LogP contribution in [0.15, 0.2) is 36.4 Å². The molecule has 2 rings (SSSR count). The van der Waals surface area contributed by atoms with Gasteiger partial charge in [0, 0.05) is 0 Å². The van der Waals surface area contributed by atoms with Gasteiger partial charge in [-0.25, -0.2) is 0 Å². The smallest absolute Gasteiger partial charge is 0.259 e. The minimum Gasteiger partial charge on any atom is -0.507 e. The first-order chi connectivity index (χ1) is 8.58. The molecule has 0 saturated heterocycles. The quantitative estimate of drug-likeness (QED) is 0.804. The molecule has 0 aliphatic heterocycles. The summed E-state index contributed by atoms with van der Waals surface area (Å²) in [5.41, 5.74) is -0.272. The van der Waals surface area contributed by atoms with E-state index in [1.165, 1.54) is 12.1 Å². The summed E-state index contributed by atoms with van der Waals surface area (Å²) in [7, 11) is 0. The molecule has 0 aliphatic carbocycles. The molecule has 0 atom stereocenters. The molecule has 2 aromatic rings. The predicted molar refractivity (Wildman–Crippen MR) is 60.2 cm³/mol. The molecule has 1 amide bonds. The number of carbonyl (C=O) groups is 1. The van der Waals surface area contributed by atoms with E-state index in [-0.39, 0.29) is 17.0 Å². The molecule has 0 saturated carbocycles. The maximum Gasteiger partial charge on any atom is 0.259 e. The molecule has 18 heavy (non-hydrogen) atoms. The molecule has 0 bridgehead atoms. The molecule has 1 aromatic carbocycles. The van der Waals surface area contributed by atoms with Crippen LogP contribution in [0.2, 0.25) is 0 Å². The van der Waals surface area contributed by atoms with Crippen molar-refractivity contribution in [3.05, 3.63) is 53.9 Å². The third kappa shape index (κ3) is 2.42. The molecular weight excluding hydrogens is 242 g/mol. The zero-order valence-corrected chi connectivity index (χ0v) is 9.02. The van der Waals surface area contributed by atoms with Crippen LogP contribution in [-0.4, -0.2) is 16.0 Å². The van der Waals surface area contributed by atoms with Crippen molar-refractivity contribution in [2.75, 3.05) is 5.32 Å². The Bertz CT molecular complexity index is 602. The summed E-state index contributed by atoms with van der Waals surface area (Å²) >= 11 is 0. The van der Waals surface area contributed by atoms with E-state index in [1.807, 2.05) is 0 Å². The fourth-order valence-electron chi connectivity index (χ4n) is 1.36. The van der Waals surface area contributed by atoms with E-state index in [2.05, 4.69) is 10.3 Å². The number of pyridine rings is 1. The number of carbonyl (C=O) groups excluding carboxylic acids is 1. The zero-order valence-electron chi connectivity index (χ0n) is 9.02. The molecule has 6 heteroatoms. The standard InChI is InChI=1S/C12H8F2N2O2/c13-10-6-5-8(11(14)16-10)15-12(18)7-3-1-2-4-9(7)17/h1-6,17H,(H,15,18). The second kappa shape index (κ2) is 4.79. The highest BCUT2D eigenvalue weighted by molar-refractivity contribution is 6.06. The normalized spacial score (nSPS) is 10.1. The van der Waals surface area contributed by atoms with E-state index in [0.29, 0.717) is 0 Å². The number of nitrogens with one attached hydrogen (secondary N) is 1. The molecule has 1 heterocycles. The number of benzene rings is 1. The maximum absolute atomic E-state index is 13.2. The Morgan fingerprint density at radius 1 is 1.17 bits per heavy atom. The summed E-state index contributed by atoms with van der Waals surface area (Å²) in [5, 5.41) is 11.6. The Hall–Kier alpha value is -2.50. The summed E-state index contributed by atoms with van der Waals surface area (Å²) in [4.78, 5) is 14.6. The highest BCUT2D eigenvalue weighted by atomic mass is 19.1. The highest BCUT2D eigenvalue weighted by Gasteiger charge is 2.13. The molecule has 92 valence electrons. The number of aromatic nitrogens is 1. The Balaban J connectivity index is 2.24. The van der Waals surface area contributed by atoms with Crippen molar-refractivity contribution in [2.45, 2.75) is 0 Å². The lowest BCUT2D eigenvalue weighted by atomic mass is 10.2. The first kappa shape index (κ1) is 12.0. The van der Waals surface area contributed by atoms with Crippen LogP contribution in [0, 0.1) is 11.9 Å². The SMILES string of the molecule is O=C(Nc1ccc(F)nc1F)c1ccccc1O. The lowest BCUT2D eigenvalue weighted by molar-refractivity contribution is 0.102. The minimum atomic E-state index is -1.13. The zero-order chi connectivity index (χ0) is 13.1. The lowest BCUT2D eigenvalue weighted by Gasteiger charge is -2.06. The number of nitrogens with zero attached hydrogens (tertiary/aromatic N) is 1. The van der Waals surface area contributed by atoms with Gasteiger partial charge < -0.3 is 10.4 Å². The largest absolute Gasteiger partial charge is 0.507 e. The molecule has 0 spiro atoms. The maximum atomic E-state index is 13.2. The van der Waals surface area contributed by atoms with Gasteiger partial charge in [0.15, 0.2) is 0 Å². The summed E-state index contributed by atoms with van der Waals surface area (Å²) < 4.78 is 25.8. The van der Waals surface area contributed by atoms with E-state index in [4.69, 9.17) is 0 Å². The van der Waals surface area contributed by atoms with Crippen molar-refractivity contribution < 1.29 is 18.7 Å². The minimum absolute atomic E-state index is 0.0128. The fourth-order valence-corrected chi connectivity index (χ4v) is 1.36. The number of para-hydroxylation sites is 1. The van der Waals surface area contributed by atoms with Crippen molar-refractivity contribution in [2.24, 2.45) is 0 Å². The Labute approximate surface area is 101 Å². The van der Waals surface area contributed by atoms with E-state index in [9.17, 15) is 18.7 Å². The van der Waals surface area contributed by atoms with Crippen LogP contribution in [0.5, 0.6) is 5.75 Å². The number of amides is 1. The monoisotopic (exact) mass is 250 g/mol. The van der Waals surface area contributed by atoms with Gasteiger partial charge >= 0.3 is 0 Å². The van der Waals surface area contributed by atoms with E-state index in [0.717, 1.165) is 12.1 Å². The second-order valence-electron chi connectivity index (χ2n) is 3.44. The first-order valence-corrected chi connectivity index (χ1v) is 4.99. The number of phenolic OH excluding ortho intramolecular Hbond substituents is 1. The summed E-state index contributed by atoms with van der Waals surface area (Å²) in [6.07, 6.45) is 0. The average molecular weight is 250 g/mol. The molecule has 2 N–H and O–H groups in total. The van der Waals surface area contributed by atoms with Crippen molar-refractivity contribution in [1.29, 1.82) is 0 Å². The van der Waals surface area contributed by atoms with Gasteiger partial charge in [0.05, 0.1) is 11.3 Å². The molecule has 0 radical (unpaired) electrons. The van der Waals surface area contributed by atoms with E-state index >= 15 is 0 Å². The van der Waals surface area contributed by atoms with Gasteiger partial charge in [-0.1, -0.05) is 12.1 Å². The van der Waals surface area contributed by atoms with Crippen LogP contribution in [-0.2, 0) is 0 Å². The average Bonchev–Trinajstić information content (AvgIpc) is 2.33. The molecule has 0 aliphatic rings. The topological polar surface area (TPSA) is 62.2 Å². The predicted octanol–water partition coefficient (Wildman–Crippen LogP) is 2.32. The number of rotatable bonds is 2. The third-order valence-corrected chi connectivity index (χ3v) is 2.21. The fraction of sp³-hybridized carbons (Fsp3) is 0.